The van der Waals surface area contributed by atoms with Crippen LogP contribution in [0, 0.1) is 18.3 Å². The normalized spacial score (nSPS) is 19.8. The van der Waals surface area contributed by atoms with Crippen LogP contribution in [0.15, 0.2) is 18.2 Å². The van der Waals surface area contributed by atoms with Gasteiger partial charge >= 0.3 is 0 Å². The van der Waals surface area contributed by atoms with Gasteiger partial charge in [-0.25, -0.2) is 0 Å². The monoisotopic (exact) mass is 260 g/mol. The maximum Gasteiger partial charge on any atom is 0.254 e. The lowest BCUT2D eigenvalue weighted by atomic mass is 9.80. The van der Waals surface area contributed by atoms with Crippen molar-refractivity contribution >= 4 is 11.6 Å². The minimum Gasteiger partial charge on any atom is -0.398 e. The predicted molar refractivity (Wildman–Crippen MR) is 79.1 cm³/mol. The first-order valence-electron chi connectivity index (χ1n) is 6.95. The van der Waals surface area contributed by atoms with Crippen molar-refractivity contribution in [2.24, 2.45) is 11.3 Å². The van der Waals surface area contributed by atoms with Crippen LogP contribution in [-0.4, -0.2) is 23.9 Å². The summed E-state index contributed by atoms with van der Waals surface area (Å²) in [6.07, 6.45) is 1.09. The molecule has 1 aliphatic heterocycles. The van der Waals surface area contributed by atoms with Crippen LogP contribution in [0.5, 0.6) is 0 Å². The molecule has 0 saturated carbocycles. The van der Waals surface area contributed by atoms with E-state index in [0.29, 0.717) is 11.6 Å². The zero-order valence-corrected chi connectivity index (χ0v) is 12.4. The molecule has 1 amide bonds. The topological polar surface area (TPSA) is 46.3 Å². The predicted octanol–water partition coefficient (Wildman–Crippen LogP) is 3.09. The van der Waals surface area contributed by atoms with Gasteiger partial charge in [-0.15, -0.1) is 0 Å². The highest BCUT2D eigenvalue weighted by Gasteiger charge is 2.34. The van der Waals surface area contributed by atoms with Gasteiger partial charge in [0.1, 0.15) is 0 Å². The van der Waals surface area contributed by atoms with Crippen molar-refractivity contribution < 1.29 is 4.79 Å². The molecule has 19 heavy (non-hydrogen) atoms. The highest BCUT2D eigenvalue weighted by atomic mass is 16.2. The molecule has 1 heterocycles. The van der Waals surface area contributed by atoms with E-state index in [4.69, 9.17) is 5.73 Å². The summed E-state index contributed by atoms with van der Waals surface area (Å²) >= 11 is 0. The standard InChI is InChI=1S/C16H24N2O/c1-11-13(6-5-7-14(11)17)15(19)18-9-8-12(10-18)16(2,3)4/h5-7,12H,8-10,17H2,1-4H3. The van der Waals surface area contributed by atoms with E-state index in [1.54, 1.807) is 0 Å². The molecule has 1 aliphatic rings. The first-order valence-corrected chi connectivity index (χ1v) is 6.95. The maximum atomic E-state index is 12.6. The van der Waals surface area contributed by atoms with Gasteiger partial charge in [0.25, 0.3) is 5.91 Å². The summed E-state index contributed by atoms with van der Waals surface area (Å²) in [5, 5.41) is 0. The summed E-state index contributed by atoms with van der Waals surface area (Å²) in [6, 6.07) is 5.57. The van der Waals surface area contributed by atoms with Crippen molar-refractivity contribution in [2.45, 2.75) is 34.1 Å². The van der Waals surface area contributed by atoms with Crippen molar-refractivity contribution in [2.75, 3.05) is 18.8 Å². The number of likely N-dealkylation sites (tertiary alicyclic amines) is 1. The third-order valence-corrected chi connectivity index (χ3v) is 4.31. The second-order valence-corrected chi connectivity index (χ2v) is 6.62. The van der Waals surface area contributed by atoms with Crippen LogP contribution in [0.1, 0.15) is 43.1 Å². The SMILES string of the molecule is Cc1c(N)cccc1C(=O)N1CCC(C(C)(C)C)C1. The van der Waals surface area contributed by atoms with Crippen molar-refractivity contribution in [3.8, 4) is 0 Å². The molecule has 3 heteroatoms. The van der Waals surface area contributed by atoms with Crippen molar-refractivity contribution in [3.63, 3.8) is 0 Å². The molecule has 2 N–H and O–H groups in total. The molecule has 0 aromatic heterocycles. The van der Waals surface area contributed by atoms with Gasteiger partial charge in [0.05, 0.1) is 0 Å². The Labute approximate surface area is 115 Å². The number of carbonyl (C=O) groups excluding carboxylic acids is 1. The molecule has 3 nitrogen and oxygen atoms in total. The van der Waals surface area contributed by atoms with Gasteiger partial charge in [-0.05, 0) is 42.4 Å². The summed E-state index contributed by atoms with van der Waals surface area (Å²) < 4.78 is 0. The molecule has 0 radical (unpaired) electrons. The lowest BCUT2D eigenvalue weighted by molar-refractivity contribution is 0.0776. The first kappa shape index (κ1) is 13.9. The quantitative estimate of drug-likeness (QED) is 0.789. The van der Waals surface area contributed by atoms with Gasteiger partial charge in [-0.2, -0.15) is 0 Å². The Morgan fingerprint density at radius 2 is 2.05 bits per heavy atom. The van der Waals surface area contributed by atoms with Crippen LogP contribution in [0.25, 0.3) is 0 Å². The number of nitrogens with two attached hydrogens (primary N) is 1. The van der Waals surface area contributed by atoms with Gasteiger partial charge < -0.3 is 10.6 Å². The van der Waals surface area contributed by atoms with E-state index in [9.17, 15) is 4.79 Å². The third kappa shape index (κ3) is 2.75. The lowest BCUT2D eigenvalue weighted by Crippen LogP contribution is -2.31. The highest BCUT2D eigenvalue weighted by Crippen LogP contribution is 2.34. The van der Waals surface area contributed by atoms with Crippen LogP contribution >= 0.6 is 0 Å². The van der Waals surface area contributed by atoms with E-state index in [2.05, 4.69) is 20.8 Å². The van der Waals surface area contributed by atoms with E-state index in [-0.39, 0.29) is 11.3 Å². The number of carbonyl (C=O) groups is 1. The van der Waals surface area contributed by atoms with E-state index in [1.807, 2.05) is 30.0 Å². The minimum absolute atomic E-state index is 0.122. The number of hydrogen-bond acceptors (Lipinski definition) is 2. The minimum atomic E-state index is 0.122. The van der Waals surface area contributed by atoms with E-state index in [0.717, 1.165) is 30.6 Å². The molecule has 1 unspecified atom stereocenters. The fourth-order valence-electron chi connectivity index (χ4n) is 2.71. The van der Waals surface area contributed by atoms with Crippen LogP contribution in [0.2, 0.25) is 0 Å². The molecule has 1 fully saturated rings. The molecule has 1 atom stereocenters. The number of nitrogen functional groups attached to an aromatic ring is 1. The van der Waals surface area contributed by atoms with Gasteiger partial charge in [0.2, 0.25) is 0 Å². The maximum absolute atomic E-state index is 12.6. The average molecular weight is 260 g/mol. The average Bonchev–Trinajstić information content (AvgIpc) is 2.81. The summed E-state index contributed by atoms with van der Waals surface area (Å²) in [4.78, 5) is 14.5. The summed E-state index contributed by atoms with van der Waals surface area (Å²) in [5.41, 5.74) is 8.48. The number of amides is 1. The Kier molecular flexibility index (Phi) is 3.57. The molecule has 1 aromatic rings. The molecule has 0 bridgehead atoms. The fraction of sp³-hybridized carbons (Fsp3) is 0.562. The first-order chi connectivity index (χ1) is 8.80. The smallest absolute Gasteiger partial charge is 0.254 e. The Morgan fingerprint density at radius 1 is 1.37 bits per heavy atom. The molecular formula is C16H24N2O. The number of hydrogen-bond donors (Lipinski definition) is 1. The molecule has 104 valence electrons. The summed E-state index contributed by atoms with van der Waals surface area (Å²) in [5.74, 6) is 0.703. The highest BCUT2D eigenvalue weighted by molar-refractivity contribution is 5.97. The second kappa shape index (κ2) is 4.87. The number of benzene rings is 1. The Balaban J connectivity index is 2.16. The molecule has 0 spiro atoms. The van der Waals surface area contributed by atoms with E-state index in [1.165, 1.54) is 0 Å². The molecule has 0 aliphatic carbocycles. The molecule has 1 aromatic carbocycles. The van der Waals surface area contributed by atoms with E-state index >= 15 is 0 Å². The molecular weight excluding hydrogens is 236 g/mol. The van der Waals surface area contributed by atoms with Gasteiger partial charge in [-0.1, -0.05) is 26.8 Å². The lowest BCUT2D eigenvalue weighted by Gasteiger charge is -2.27. The van der Waals surface area contributed by atoms with Crippen LogP contribution in [0.4, 0.5) is 5.69 Å². The van der Waals surface area contributed by atoms with Crippen molar-refractivity contribution in [1.82, 2.24) is 4.90 Å². The van der Waals surface area contributed by atoms with Crippen molar-refractivity contribution in [1.29, 1.82) is 0 Å². The summed E-state index contributed by atoms with van der Waals surface area (Å²) in [7, 11) is 0. The van der Waals surface area contributed by atoms with Gasteiger partial charge in [0, 0.05) is 24.3 Å². The number of rotatable bonds is 1. The Morgan fingerprint density at radius 3 is 2.63 bits per heavy atom. The fourth-order valence-corrected chi connectivity index (χ4v) is 2.71. The zero-order valence-electron chi connectivity index (χ0n) is 12.4. The largest absolute Gasteiger partial charge is 0.398 e. The second-order valence-electron chi connectivity index (χ2n) is 6.62. The van der Waals surface area contributed by atoms with Crippen LogP contribution in [0.3, 0.4) is 0 Å². The van der Waals surface area contributed by atoms with Gasteiger partial charge in [-0.3, -0.25) is 4.79 Å². The Bertz CT molecular complexity index is 488. The molecule has 2 rings (SSSR count). The number of anilines is 1. The third-order valence-electron chi connectivity index (χ3n) is 4.31. The van der Waals surface area contributed by atoms with Crippen LogP contribution < -0.4 is 5.73 Å². The zero-order chi connectivity index (χ0) is 14.2. The van der Waals surface area contributed by atoms with Crippen molar-refractivity contribution in [3.05, 3.63) is 29.3 Å². The summed E-state index contributed by atoms with van der Waals surface area (Å²) in [6.45, 7) is 10.4. The van der Waals surface area contributed by atoms with Gasteiger partial charge in [0.15, 0.2) is 0 Å². The van der Waals surface area contributed by atoms with Crippen LogP contribution in [-0.2, 0) is 0 Å². The molecule has 1 saturated heterocycles. The Hall–Kier alpha value is -1.51. The van der Waals surface area contributed by atoms with E-state index < -0.39 is 0 Å². The number of nitrogens with zero attached hydrogens (tertiary/aromatic N) is 1.